The number of rotatable bonds is 1. The van der Waals surface area contributed by atoms with Gasteiger partial charge in [0, 0.05) is 8.95 Å². The van der Waals surface area contributed by atoms with E-state index in [0.29, 0.717) is 4.47 Å². The summed E-state index contributed by atoms with van der Waals surface area (Å²) in [7, 11) is -4.38. The van der Waals surface area contributed by atoms with E-state index < -0.39 is 10.1 Å². The van der Waals surface area contributed by atoms with Crippen LogP contribution in [-0.4, -0.2) is 13.0 Å². The predicted molar refractivity (Wildman–Crippen MR) is 55.8 cm³/mol. The normalized spacial score (nSPS) is 10.7. The smallest absolute Gasteiger partial charge is 0.125 e. The Kier molecular flexibility index (Phi) is 4.53. The van der Waals surface area contributed by atoms with Crippen molar-refractivity contribution in [3.05, 3.63) is 27.1 Å². The van der Waals surface area contributed by atoms with Gasteiger partial charge in [0.2, 0.25) is 0 Å². The van der Waals surface area contributed by atoms with Crippen LogP contribution < -0.4 is 6.15 Å². The Hall–Kier alpha value is 0.0500. The maximum Gasteiger partial charge on any atom is 0.125 e. The van der Waals surface area contributed by atoms with Crippen LogP contribution in [0.25, 0.3) is 0 Å². The molecule has 1 aromatic carbocycles. The van der Waals surface area contributed by atoms with Gasteiger partial charge in [-0.2, -0.15) is 0 Å². The van der Waals surface area contributed by atoms with E-state index in [0.717, 1.165) is 0 Å². The fourth-order valence-electron chi connectivity index (χ4n) is 0.669. The highest BCUT2D eigenvalue weighted by atomic mass is 79.9. The van der Waals surface area contributed by atoms with Gasteiger partial charge >= 0.3 is 0 Å². The molecular weight excluding hydrogens is 326 g/mol. The van der Waals surface area contributed by atoms with E-state index >= 15 is 0 Å². The molecule has 4 N–H and O–H groups in total. The lowest BCUT2D eigenvalue weighted by Crippen LogP contribution is -1.99. The summed E-state index contributed by atoms with van der Waals surface area (Å²) in [5.74, 6) is 0. The molecule has 0 radical (unpaired) electrons. The summed E-state index contributed by atoms with van der Waals surface area (Å²) in [5, 5.41) is 0. The second kappa shape index (κ2) is 4.52. The fourth-order valence-corrected chi connectivity index (χ4v) is 2.60. The molecular formula is C6H7Br2NO3S. The molecule has 0 heterocycles. The van der Waals surface area contributed by atoms with Gasteiger partial charge < -0.3 is 10.7 Å². The van der Waals surface area contributed by atoms with Crippen LogP contribution in [0.5, 0.6) is 0 Å². The number of quaternary nitrogens is 1. The Balaban J connectivity index is 0.00000144. The maximum atomic E-state index is 10.6. The van der Waals surface area contributed by atoms with Crippen LogP contribution in [0.2, 0.25) is 0 Å². The Bertz CT molecular complexity index is 404. The number of halogens is 2. The van der Waals surface area contributed by atoms with E-state index in [1.54, 1.807) is 6.07 Å². The maximum absolute atomic E-state index is 10.6. The standard InChI is InChI=1S/C6H4Br2O3S.H3N/c7-4-1-2-5(8)6(3-4)12(9,10)11;/h1-3H,(H,9,10,11);1H3. The molecule has 0 amide bonds. The van der Waals surface area contributed by atoms with Gasteiger partial charge in [0.1, 0.15) is 10.1 Å². The minimum atomic E-state index is -4.38. The van der Waals surface area contributed by atoms with Crippen LogP contribution in [-0.2, 0) is 10.1 Å². The van der Waals surface area contributed by atoms with E-state index in [1.807, 2.05) is 0 Å². The lowest BCUT2D eigenvalue weighted by molar-refractivity contribution is 0.462. The summed E-state index contributed by atoms with van der Waals surface area (Å²) in [5.41, 5.74) is 0. The summed E-state index contributed by atoms with van der Waals surface area (Å²) in [6, 6.07) is 4.39. The summed E-state index contributed by atoms with van der Waals surface area (Å²) in [6.07, 6.45) is 0. The molecule has 1 rings (SSSR count). The van der Waals surface area contributed by atoms with Crippen molar-refractivity contribution in [3.63, 3.8) is 0 Å². The lowest BCUT2D eigenvalue weighted by atomic mass is 10.4. The van der Waals surface area contributed by atoms with Crippen molar-refractivity contribution in [1.29, 1.82) is 0 Å². The average Bonchev–Trinajstić information content (AvgIpc) is 1.92. The molecule has 0 aliphatic heterocycles. The van der Waals surface area contributed by atoms with Crippen LogP contribution >= 0.6 is 31.9 Å². The van der Waals surface area contributed by atoms with Crippen molar-refractivity contribution < 1.29 is 13.0 Å². The van der Waals surface area contributed by atoms with E-state index in [4.69, 9.17) is 0 Å². The molecule has 0 atom stereocenters. The lowest BCUT2D eigenvalue weighted by Gasteiger charge is -2.08. The van der Waals surface area contributed by atoms with Crippen LogP contribution in [0, 0.1) is 0 Å². The molecule has 0 saturated heterocycles. The molecule has 74 valence electrons. The van der Waals surface area contributed by atoms with E-state index in [2.05, 4.69) is 31.9 Å². The van der Waals surface area contributed by atoms with Gasteiger partial charge in [0.05, 0.1) is 4.90 Å². The van der Waals surface area contributed by atoms with Crippen molar-refractivity contribution in [2.24, 2.45) is 0 Å². The molecule has 0 saturated carbocycles. The zero-order valence-corrected chi connectivity index (χ0v) is 10.6. The summed E-state index contributed by atoms with van der Waals surface area (Å²) in [4.78, 5) is -0.253. The van der Waals surface area contributed by atoms with Crippen LogP contribution in [0.4, 0.5) is 0 Å². The first kappa shape index (κ1) is 13.1. The number of hydrogen-bond donors (Lipinski definition) is 1. The third-order valence-electron chi connectivity index (χ3n) is 1.16. The third-order valence-corrected chi connectivity index (χ3v) is 3.49. The molecule has 0 aliphatic rings. The zero-order valence-electron chi connectivity index (χ0n) is 6.62. The first-order valence-electron chi connectivity index (χ1n) is 2.82. The molecule has 7 heteroatoms. The van der Waals surface area contributed by atoms with Crippen molar-refractivity contribution in [1.82, 2.24) is 6.15 Å². The molecule has 0 fully saturated rings. The predicted octanol–water partition coefficient (Wildman–Crippen LogP) is 2.49. The first-order chi connectivity index (χ1) is 5.41. The number of benzene rings is 1. The Morgan fingerprint density at radius 3 is 2.15 bits per heavy atom. The summed E-state index contributed by atoms with van der Waals surface area (Å²) >= 11 is 6.03. The molecule has 0 spiro atoms. The largest absolute Gasteiger partial charge is 0.744 e. The molecule has 0 aromatic heterocycles. The van der Waals surface area contributed by atoms with Gasteiger partial charge in [-0.1, -0.05) is 15.9 Å². The van der Waals surface area contributed by atoms with Gasteiger partial charge in [-0.05, 0) is 34.1 Å². The second-order valence-electron chi connectivity index (χ2n) is 2.03. The Labute approximate surface area is 92.9 Å². The fraction of sp³-hybridized carbons (Fsp3) is 0. The SMILES string of the molecule is O=S(=O)([O-])c1cc(Br)ccc1Br.[NH4+]. The highest BCUT2D eigenvalue weighted by Gasteiger charge is 2.06. The first-order valence-corrected chi connectivity index (χ1v) is 5.81. The summed E-state index contributed by atoms with van der Waals surface area (Å²) < 4.78 is 32.6. The van der Waals surface area contributed by atoms with E-state index in [1.165, 1.54) is 12.1 Å². The highest BCUT2D eigenvalue weighted by molar-refractivity contribution is 9.11. The van der Waals surface area contributed by atoms with Gasteiger partial charge in [-0.25, -0.2) is 8.42 Å². The van der Waals surface area contributed by atoms with Gasteiger partial charge in [0.15, 0.2) is 0 Å². The Morgan fingerprint density at radius 2 is 1.77 bits per heavy atom. The van der Waals surface area contributed by atoms with Crippen molar-refractivity contribution >= 4 is 42.0 Å². The van der Waals surface area contributed by atoms with Gasteiger partial charge in [0.25, 0.3) is 0 Å². The molecule has 0 unspecified atom stereocenters. The third kappa shape index (κ3) is 3.35. The average molecular weight is 333 g/mol. The zero-order chi connectivity index (χ0) is 9.35. The minimum Gasteiger partial charge on any atom is -0.744 e. The second-order valence-corrected chi connectivity index (χ2v) is 5.15. The van der Waals surface area contributed by atoms with Crippen molar-refractivity contribution in [2.45, 2.75) is 4.90 Å². The molecule has 13 heavy (non-hydrogen) atoms. The minimum absolute atomic E-state index is 0. The van der Waals surface area contributed by atoms with E-state index in [-0.39, 0.29) is 15.5 Å². The molecule has 4 nitrogen and oxygen atoms in total. The van der Waals surface area contributed by atoms with Gasteiger partial charge in [-0.15, -0.1) is 0 Å². The van der Waals surface area contributed by atoms with Crippen LogP contribution in [0.3, 0.4) is 0 Å². The van der Waals surface area contributed by atoms with Crippen molar-refractivity contribution in [2.75, 3.05) is 0 Å². The van der Waals surface area contributed by atoms with Crippen LogP contribution in [0.1, 0.15) is 0 Å². The summed E-state index contributed by atoms with van der Waals surface area (Å²) in [6.45, 7) is 0. The van der Waals surface area contributed by atoms with E-state index in [9.17, 15) is 13.0 Å². The number of hydrogen-bond acceptors (Lipinski definition) is 3. The monoisotopic (exact) mass is 331 g/mol. The van der Waals surface area contributed by atoms with Crippen LogP contribution in [0.15, 0.2) is 32.0 Å². The topological polar surface area (TPSA) is 93.7 Å². The van der Waals surface area contributed by atoms with Gasteiger partial charge in [-0.3, -0.25) is 0 Å². The quantitative estimate of drug-likeness (QED) is 0.800. The molecule has 0 bridgehead atoms. The highest BCUT2D eigenvalue weighted by Crippen LogP contribution is 2.24. The molecule has 1 aromatic rings. The van der Waals surface area contributed by atoms with Crippen molar-refractivity contribution in [3.8, 4) is 0 Å². The Morgan fingerprint density at radius 1 is 1.23 bits per heavy atom. The molecule has 0 aliphatic carbocycles.